The van der Waals surface area contributed by atoms with E-state index in [1.54, 1.807) is 12.4 Å². The van der Waals surface area contributed by atoms with E-state index in [0.29, 0.717) is 6.54 Å². The van der Waals surface area contributed by atoms with Gasteiger partial charge in [-0.2, -0.15) is 0 Å². The number of rotatable bonds is 5. The first-order valence-electron chi connectivity index (χ1n) is 4.87. The summed E-state index contributed by atoms with van der Waals surface area (Å²) < 4.78 is 0. The minimum atomic E-state index is -0.0943. The van der Waals surface area contributed by atoms with Crippen molar-refractivity contribution in [2.45, 2.75) is 25.9 Å². The predicted octanol–water partition coefficient (Wildman–Crippen LogP) is 0.696. The fraction of sp³-hybridized carbons (Fsp3) is 0.400. The summed E-state index contributed by atoms with van der Waals surface area (Å²) in [6, 6.07) is 3.75. The van der Waals surface area contributed by atoms with E-state index in [0.717, 1.165) is 12.0 Å². The molecular formula is C10H16N4O. The summed E-state index contributed by atoms with van der Waals surface area (Å²) in [7, 11) is 0. The van der Waals surface area contributed by atoms with Crippen molar-refractivity contribution in [3.8, 4) is 0 Å². The maximum atomic E-state index is 8.55. The molecule has 1 atom stereocenters. The maximum absolute atomic E-state index is 8.55. The Morgan fingerprint density at radius 2 is 2.27 bits per heavy atom. The summed E-state index contributed by atoms with van der Waals surface area (Å²) in [5.41, 5.74) is 6.64. The first-order valence-corrected chi connectivity index (χ1v) is 4.87. The molecule has 1 heterocycles. The second-order valence-electron chi connectivity index (χ2n) is 3.22. The Morgan fingerprint density at radius 1 is 1.60 bits per heavy atom. The van der Waals surface area contributed by atoms with Gasteiger partial charge in [-0.25, -0.2) is 0 Å². The molecule has 1 aromatic heterocycles. The maximum Gasteiger partial charge on any atom is 0.156 e. The van der Waals surface area contributed by atoms with Gasteiger partial charge in [-0.1, -0.05) is 12.1 Å². The van der Waals surface area contributed by atoms with Crippen LogP contribution in [0.1, 0.15) is 18.9 Å². The quantitative estimate of drug-likeness (QED) is 0.288. The highest BCUT2D eigenvalue weighted by molar-refractivity contribution is 5.85. The first-order chi connectivity index (χ1) is 7.27. The van der Waals surface area contributed by atoms with Crippen LogP contribution < -0.4 is 11.1 Å². The molecule has 15 heavy (non-hydrogen) atoms. The molecule has 0 aliphatic carbocycles. The van der Waals surface area contributed by atoms with Crippen LogP contribution in [0.25, 0.3) is 0 Å². The fourth-order valence-electron chi connectivity index (χ4n) is 1.27. The third kappa shape index (κ3) is 3.55. The third-order valence-corrected chi connectivity index (χ3v) is 2.18. The first kappa shape index (κ1) is 11.5. The minimum absolute atomic E-state index is 0.0943. The van der Waals surface area contributed by atoms with Crippen molar-refractivity contribution in [3.05, 3.63) is 30.1 Å². The Morgan fingerprint density at radius 3 is 2.80 bits per heavy atom. The van der Waals surface area contributed by atoms with Crippen molar-refractivity contribution in [1.29, 1.82) is 0 Å². The molecule has 0 saturated heterocycles. The Kier molecular flexibility index (Phi) is 4.56. The smallest absolute Gasteiger partial charge is 0.156 e. The molecule has 0 aliphatic heterocycles. The number of nitrogens with zero attached hydrogens (tertiary/aromatic N) is 2. The number of hydrogen-bond donors (Lipinski definition) is 3. The summed E-state index contributed by atoms with van der Waals surface area (Å²) >= 11 is 0. The van der Waals surface area contributed by atoms with Gasteiger partial charge < -0.3 is 16.3 Å². The molecule has 4 N–H and O–H groups in total. The largest absolute Gasteiger partial charge is 0.409 e. The van der Waals surface area contributed by atoms with Crippen LogP contribution in [-0.2, 0) is 6.54 Å². The van der Waals surface area contributed by atoms with Crippen LogP contribution in [0.4, 0.5) is 0 Å². The average molecular weight is 208 g/mol. The molecule has 0 aromatic carbocycles. The molecule has 0 bridgehead atoms. The van der Waals surface area contributed by atoms with Gasteiger partial charge in [0.15, 0.2) is 5.84 Å². The van der Waals surface area contributed by atoms with E-state index in [2.05, 4.69) is 15.5 Å². The van der Waals surface area contributed by atoms with Crippen molar-refractivity contribution in [2.75, 3.05) is 0 Å². The molecular weight excluding hydrogens is 192 g/mol. The number of amidine groups is 1. The number of pyridine rings is 1. The highest BCUT2D eigenvalue weighted by Crippen LogP contribution is 1.98. The van der Waals surface area contributed by atoms with Crippen molar-refractivity contribution in [3.63, 3.8) is 0 Å². The van der Waals surface area contributed by atoms with Crippen molar-refractivity contribution in [1.82, 2.24) is 10.3 Å². The van der Waals surface area contributed by atoms with Gasteiger partial charge in [-0.15, -0.1) is 0 Å². The Labute approximate surface area is 89.0 Å². The lowest BCUT2D eigenvalue weighted by molar-refractivity contribution is 0.314. The lowest BCUT2D eigenvalue weighted by Crippen LogP contribution is -2.40. The zero-order valence-corrected chi connectivity index (χ0v) is 8.72. The summed E-state index contributed by atoms with van der Waals surface area (Å²) in [5, 5.41) is 14.7. The topological polar surface area (TPSA) is 83.5 Å². The number of nitrogens with one attached hydrogen (secondary N) is 1. The van der Waals surface area contributed by atoms with Crippen LogP contribution >= 0.6 is 0 Å². The van der Waals surface area contributed by atoms with E-state index in [1.807, 2.05) is 19.1 Å². The van der Waals surface area contributed by atoms with Crippen LogP contribution in [0.2, 0.25) is 0 Å². The summed E-state index contributed by atoms with van der Waals surface area (Å²) in [5.74, 6) is 0.214. The van der Waals surface area contributed by atoms with Crippen molar-refractivity contribution < 1.29 is 5.21 Å². The van der Waals surface area contributed by atoms with Gasteiger partial charge in [0.1, 0.15) is 0 Å². The number of oxime groups is 1. The lowest BCUT2D eigenvalue weighted by Gasteiger charge is -2.14. The van der Waals surface area contributed by atoms with Crippen LogP contribution in [-0.4, -0.2) is 22.1 Å². The molecule has 82 valence electrons. The van der Waals surface area contributed by atoms with Gasteiger partial charge in [0.2, 0.25) is 0 Å². The van der Waals surface area contributed by atoms with Gasteiger partial charge in [-0.3, -0.25) is 4.98 Å². The van der Waals surface area contributed by atoms with Crippen LogP contribution in [0.5, 0.6) is 0 Å². The summed E-state index contributed by atoms with van der Waals surface area (Å²) in [6.45, 7) is 2.65. The van der Waals surface area contributed by atoms with Crippen LogP contribution in [0, 0.1) is 0 Å². The number of aromatic nitrogens is 1. The van der Waals surface area contributed by atoms with Gasteiger partial charge in [0.05, 0.1) is 6.04 Å². The second kappa shape index (κ2) is 5.98. The molecule has 1 unspecified atom stereocenters. The highest BCUT2D eigenvalue weighted by atomic mass is 16.4. The van der Waals surface area contributed by atoms with Crippen molar-refractivity contribution >= 4 is 5.84 Å². The van der Waals surface area contributed by atoms with E-state index in [4.69, 9.17) is 10.9 Å². The van der Waals surface area contributed by atoms with Gasteiger partial charge in [0.25, 0.3) is 0 Å². The zero-order valence-electron chi connectivity index (χ0n) is 8.72. The SMILES string of the molecule is CCC(NCc1ccncc1)C(N)=NO. The molecule has 1 rings (SSSR count). The molecule has 0 amide bonds. The van der Waals surface area contributed by atoms with Gasteiger partial charge in [0, 0.05) is 18.9 Å². The lowest BCUT2D eigenvalue weighted by atomic mass is 10.2. The molecule has 0 fully saturated rings. The number of nitrogens with two attached hydrogens (primary N) is 1. The third-order valence-electron chi connectivity index (χ3n) is 2.18. The minimum Gasteiger partial charge on any atom is -0.409 e. The standard InChI is InChI=1S/C10H16N4O/c1-2-9(10(11)14-15)13-7-8-3-5-12-6-4-8/h3-6,9,13,15H,2,7H2,1H3,(H2,11,14). The van der Waals surface area contributed by atoms with Gasteiger partial charge >= 0.3 is 0 Å². The van der Waals surface area contributed by atoms with Crippen LogP contribution in [0.15, 0.2) is 29.7 Å². The van der Waals surface area contributed by atoms with E-state index < -0.39 is 0 Å². The number of hydrogen-bond acceptors (Lipinski definition) is 4. The summed E-state index contributed by atoms with van der Waals surface area (Å²) in [6.07, 6.45) is 4.25. The molecule has 0 radical (unpaired) electrons. The van der Waals surface area contributed by atoms with E-state index in [-0.39, 0.29) is 11.9 Å². The summed E-state index contributed by atoms with van der Waals surface area (Å²) in [4.78, 5) is 3.93. The average Bonchev–Trinajstić information content (AvgIpc) is 2.31. The Hall–Kier alpha value is -1.62. The molecule has 5 heteroatoms. The molecule has 5 nitrogen and oxygen atoms in total. The Bertz CT molecular complexity index is 312. The predicted molar refractivity (Wildman–Crippen MR) is 58.6 cm³/mol. The van der Waals surface area contributed by atoms with E-state index in [9.17, 15) is 0 Å². The second-order valence-corrected chi connectivity index (χ2v) is 3.22. The normalized spacial score (nSPS) is 13.8. The van der Waals surface area contributed by atoms with E-state index in [1.165, 1.54) is 0 Å². The fourth-order valence-corrected chi connectivity index (χ4v) is 1.27. The highest BCUT2D eigenvalue weighted by Gasteiger charge is 2.10. The van der Waals surface area contributed by atoms with Gasteiger partial charge in [-0.05, 0) is 24.1 Å². The monoisotopic (exact) mass is 208 g/mol. The molecule has 0 spiro atoms. The molecule has 0 saturated carbocycles. The van der Waals surface area contributed by atoms with E-state index >= 15 is 0 Å². The zero-order chi connectivity index (χ0) is 11.1. The van der Waals surface area contributed by atoms with Crippen LogP contribution in [0.3, 0.4) is 0 Å². The molecule has 0 aliphatic rings. The van der Waals surface area contributed by atoms with Crippen molar-refractivity contribution in [2.24, 2.45) is 10.9 Å². The Balaban J connectivity index is 2.48. The molecule has 1 aromatic rings.